The van der Waals surface area contributed by atoms with E-state index in [1.165, 1.54) is 0 Å². The van der Waals surface area contributed by atoms with E-state index in [0.717, 1.165) is 5.76 Å². The Morgan fingerprint density at radius 2 is 2.46 bits per heavy atom. The predicted octanol–water partition coefficient (Wildman–Crippen LogP) is 2.02. The summed E-state index contributed by atoms with van der Waals surface area (Å²) in [5, 5.41) is 8.79. The molecular formula is C8H9ClN2OS. The van der Waals surface area contributed by atoms with Gasteiger partial charge in [0, 0.05) is 5.75 Å². The largest absolute Gasteiger partial charge is 0.449 e. The Labute approximate surface area is 85.8 Å². The standard InChI is InChI=1S/C8H9ClN2OS/c9-8-2-1-7(12-8)5-13-4-6(11)3-10/h1-2,6H,4-5,11H2. The highest BCUT2D eigenvalue weighted by Gasteiger charge is 2.02. The van der Waals surface area contributed by atoms with E-state index in [9.17, 15) is 0 Å². The molecule has 1 heterocycles. The SMILES string of the molecule is N#CC(N)CSCc1ccc(Cl)o1. The third kappa shape index (κ3) is 3.73. The minimum atomic E-state index is -0.407. The molecule has 13 heavy (non-hydrogen) atoms. The molecule has 0 bridgehead atoms. The maximum absolute atomic E-state index is 8.40. The summed E-state index contributed by atoms with van der Waals surface area (Å²) in [7, 11) is 0. The van der Waals surface area contributed by atoms with Gasteiger partial charge in [0.1, 0.15) is 11.8 Å². The van der Waals surface area contributed by atoms with Gasteiger partial charge in [0.25, 0.3) is 0 Å². The van der Waals surface area contributed by atoms with Crippen LogP contribution in [-0.2, 0) is 5.75 Å². The molecule has 0 fully saturated rings. The Kier molecular flexibility index (Phi) is 4.16. The molecule has 0 radical (unpaired) electrons. The lowest BCUT2D eigenvalue weighted by Gasteiger charge is -1.99. The Balaban J connectivity index is 2.25. The zero-order chi connectivity index (χ0) is 9.68. The maximum atomic E-state index is 8.40. The number of nitrogens with two attached hydrogens (primary N) is 1. The molecule has 1 aromatic heterocycles. The quantitative estimate of drug-likeness (QED) is 0.837. The van der Waals surface area contributed by atoms with E-state index in [4.69, 9.17) is 27.0 Å². The number of rotatable bonds is 4. The summed E-state index contributed by atoms with van der Waals surface area (Å²) in [4.78, 5) is 0. The zero-order valence-electron chi connectivity index (χ0n) is 6.87. The second-order valence-corrected chi connectivity index (χ2v) is 3.86. The molecule has 5 heteroatoms. The molecule has 0 saturated heterocycles. The summed E-state index contributed by atoms with van der Waals surface area (Å²) in [5.41, 5.74) is 5.40. The van der Waals surface area contributed by atoms with Gasteiger partial charge >= 0.3 is 0 Å². The monoisotopic (exact) mass is 216 g/mol. The smallest absolute Gasteiger partial charge is 0.193 e. The average Bonchev–Trinajstić information content (AvgIpc) is 2.51. The maximum Gasteiger partial charge on any atom is 0.193 e. The van der Waals surface area contributed by atoms with E-state index in [-0.39, 0.29) is 0 Å². The van der Waals surface area contributed by atoms with Crippen LogP contribution in [0.2, 0.25) is 5.22 Å². The average molecular weight is 217 g/mol. The fourth-order valence-corrected chi connectivity index (χ4v) is 1.72. The summed E-state index contributed by atoms with van der Waals surface area (Å²) in [6.07, 6.45) is 0. The third-order valence-electron chi connectivity index (χ3n) is 1.34. The number of furan rings is 1. The summed E-state index contributed by atoms with van der Waals surface area (Å²) in [6, 6.07) is 5.06. The first-order valence-corrected chi connectivity index (χ1v) is 5.23. The summed E-state index contributed by atoms with van der Waals surface area (Å²) >= 11 is 7.13. The molecule has 1 aromatic rings. The lowest BCUT2D eigenvalue weighted by atomic mass is 10.4. The minimum Gasteiger partial charge on any atom is -0.449 e. The second-order valence-electron chi connectivity index (χ2n) is 2.46. The van der Waals surface area contributed by atoms with Crippen molar-refractivity contribution in [2.45, 2.75) is 11.8 Å². The van der Waals surface area contributed by atoms with Crippen LogP contribution in [0.15, 0.2) is 16.5 Å². The molecule has 0 aliphatic heterocycles. The highest BCUT2D eigenvalue weighted by molar-refractivity contribution is 7.98. The Morgan fingerprint density at radius 3 is 3.00 bits per heavy atom. The van der Waals surface area contributed by atoms with Crippen molar-refractivity contribution in [1.82, 2.24) is 0 Å². The summed E-state index contributed by atoms with van der Waals surface area (Å²) in [5.74, 6) is 2.11. The van der Waals surface area contributed by atoms with Crippen molar-refractivity contribution in [3.8, 4) is 6.07 Å². The molecule has 0 spiro atoms. The molecule has 0 aliphatic carbocycles. The molecule has 2 N–H and O–H groups in total. The fraction of sp³-hybridized carbons (Fsp3) is 0.375. The number of hydrogen-bond acceptors (Lipinski definition) is 4. The molecular weight excluding hydrogens is 208 g/mol. The van der Waals surface area contributed by atoms with Crippen molar-refractivity contribution >= 4 is 23.4 Å². The second kappa shape index (κ2) is 5.18. The lowest BCUT2D eigenvalue weighted by Crippen LogP contribution is -2.19. The van der Waals surface area contributed by atoms with E-state index in [1.54, 1.807) is 17.8 Å². The minimum absolute atomic E-state index is 0.389. The van der Waals surface area contributed by atoms with E-state index in [1.807, 2.05) is 12.1 Å². The number of nitrogens with zero attached hydrogens (tertiary/aromatic N) is 1. The van der Waals surface area contributed by atoms with E-state index in [2.05, 4.69) is 0 Å². The molecule has 70 valence electrons. The molecule has 0 aliphatic rings. The summed E-state index contributed by atoms with van der Waals surface area (Å²) in [6.45, 7) is 0. The van der Waals surface area contributed by atoms with E-state index >= 15 is 0 Å². The number of hydrogen-bond donors (Lipinski definition) is 1. The molecule has 0 amide bonds. The van der Waals surface area contributed by atoms with Crippen molar-refractivity contribution in [1.29, 1.82) is 5.26 Å². The normalized spacial score (nSPS) is 12.4. The fourth-order valence-electron chi connectivity index (χ4n) is 0.753. The molecule has 3 nitrogen and oxygen atoms in total. The highest BCUT2D eigenvalue weighted by Crippen LogP contribution is 2.18. The van der Waals surface area contributed by atoms with Crippen LogP contribution >= 0.6 is 23.4 Å². The highest BCUT2D eigenvalue weighted by atomic mass is 35.5. The molecule has 1 rings (SSSR count). The van der Waals surface area contributed by atoms with Gasteiger partial charge in [0.2, 0.25) is 0 Å². The van der Waals surface area contributed by atoms with Gasteiger partial charge in [-0.2, -0.15) is 17.0 Å². The topological polar surface area (TPSA) is 63.0 Å². The molecule has 0 aromatic carbocycles. The van der Waals surface area contributed by atoms with Crippen LogP contribution in [0.25, 0.3) is 0 Å². The summed E-state index contributed by atoms with van der Waals surface area (Å²) < 4.78 is 5.12. The van der Waals surface area contributed by atoms with Gasteiger partial charge in [-0.15, -0.1) is 0 Å². The van der Waals surface area contributed by atoms with Crippen LogP contribution in [0.4, 0.5) is 0 Å². The first kappa shape index (κ1) is 10.5. The van der Waals surface area contributed by atoms with E-state index in [0.29, 0.717) is 16.7 Å². The Bertz CT molecular complexity index is 307. The van der Waals surface area contributed by atoms with Crippen molar-refractivity contribution < 1.29 is 4.42 Å². The van der Waals surface area contributed by atoms with Crippen LogP contribution < -0.4 is 5.73 Å². The van der Waals surface area contributed by atoms with Gasteiger partial charge in [-0.3, -0.25) is 0 Å². The number of nitriles is 1. The van der Waals surface area contributed by atoms with Crippen LogP contribution in [0.1, 0.15) is 5.76 Å². The van der Waals surface area contributed by atoms with Crippen LogP contribution in [0.5, 0.6) is 0 Å². The van der Waals surface area contributed by atoms with Crippen LogP contribution in [0, 0.1) is 11.3 Å². The van der Waals surface area contributed by atoms with E-state index < -0.39 is 6.04 Å². The molecule has 1 unspecified atom stereocenters. The Morgan fingerprint density at radius 1 is 1.69 bits per heavy atom. The van der Waals surface area contributed by atoms with Gasteiger partial charge in [0.05, 0.1) is 11.8 Å². The van der Waals surface area contributed by atoms with Gasteiger partial charge < -0.3 is 10.2 Å². The van der Waals surface area contributed by atoms with Gasteiger partial charge in [0.15, 0.2) is 5.22 Å². The lowest BCUT2D eigenvalue weighted by molar-refractivity contribution is 0.532. The third-order valence-corrected chi connectivity index (χ3v) is 2.62. The van der Waals surface area contributed by atoms with Crippen LogP contribution in [-0.4, -0.2) is 11.8 Å². The number of halogens is 1. The first-order valence-electron chi connectivity index (χ1n) is 3.69. The Hall–Kier alpha value is -0.630. The van der Waals surface area contributed by atoms with Crippen LogP contribution in [0.3, 0.4) is 0 Å². The van der Waals surface area contributed by atoms with Crippen molar-refractivity contribution in [3.63, 3.8) is 0 Å². The number of thioether (sulfide) groups is 1. The zero-order valence-corrected chi connectivity index (χ0v) is 8.44. The molecule has 0 saturated carbocycles. The van der Waals surface area contributed by atoms with Crippen molar-refractivity contribution in [2.24, 2.45) is 5.73 Å². The van der Waals surface area contributed by atoms with Crippen molar-refractivity contribution in [3.05, 3.63) is 23.1 Å². The van der Waals surface area contributed by atoms with Gasteiger partial charge in [-0.05, 0) is 23.7 Å². The van der Waals surface area contributed by atoms with Crippen molar-refractivity contribution in [2.75, 3.05) is 5.75 Å². The van der Waals surface area contributed by atoms with Gasteiger partial charge in [-0.25, -0.2) is 0 Å². The van der Waals surface area contributed by atoms with Gasteiger partial charge in [-0.1, -0.05) is 0 Å². The predicted molar refractivity (Wildman–Crippen MR) is 53.5 cm³/mol. The first-order chi connectivity index (χ1) is 6.22. The molecule has 1 atom stereocenters.